The van der Waals surface area contributed by atoms with Gasteiger partial charge in [-0.05, 0) is 36.2 Å². The monoisotopic (exact) mass is 342 g/mol. The summed E-state index contributed by atoms with van der Waals surface area (Å²) in [6.07, 6.45) is 5.89. The minimum atomic E-state index is -0.377. The summed E-state index contributed by atoms with van der Waals surface area (Å²) in [6.45, 7) is 3.74. The minimum Gasteiger partial charge on any atom is -0.375 e. The molecule has 1 aliphatic heterocycles. The second kappa shape index (κ2) is 8.55. The van der Waals surface area contributed by atoms with Crippen molar-refractivity contribution in [3.8, 4) is 0 Å². The Morgan fingerprint density at radius 1 is 1.36 bits per heavy atom. The lowest BCUT2D eigenvalue weighted by atomic mass is 10.1. The second-order valence-electron chi connectivity index (χ2n) is 6.04. The van der Waals surface area contributed by atoms with Crippen molar-refractivity contribution in [2.45, 2.75) is 19.1 Å². The van der Waals surface area contributed by atoms with Crippen LogP contribution in [-0.2, 0) is 11.3 Å². The summed E-state index contributed by atoms with van der Waals surface area (Å²) in [4.78, 5) is 32.5. The van der Waals surface area contributed by atoms with Gasteiger partial charge in [0.05, 0.1) is 12.7 Å². The quantitative estimate of drug-likeness (QED) is 0.810. The second-order valence-corrected chi connectivity index (χ2v) is 6.04. The standard InChI is InChI=1S/C18H22N4O3/c23-17-16(2-1-6-20-17)18(24)21-9-5-15-13-22(10-11-25-15)12-14-3-7-19-8-4-14/h1-4,6-8,15H,5,9-13H2,(H,20,23)(H,21,24)/t15-/m1/s1. The third-order valence-corrected chi connectivity index (χ3v) is 4.19. The lowest BCUT2D eigenvalue weighted by Gasteiger charge is -2.33. The Hall–Kier alpha value is -2.51. The minimum absolute atomic E-state index is 0.0740. The SMILES string of the molecule is O=C(NCC[C@@H]1CN(Cc2ccncc2)CCO1)c1ccc[nH]c1=O. The van der Waals surface area contributed by atoms with E-state index in [1.54, 1.807) is 18.5 Å². The summed E-state index contributed by atoms with van der Waals surface area (Å²) >= 11 is 0. The molecule has 25 heavy (non-hydrogen) atoms. The molecule has 1 atom stereocenters. The molecule has 3 heterocycles. The molecule has 132 valence electrons. The molecular weight excluding hydrogens is 320 g/mol. The lowest BCUT2D eigenvalue weighted by Crippen LogP contribution is -2.43. The first-order valence-electron chi connectivity index (χ1n) is 8.41. The lowest BCUT2D eigenvalue weighted by molar-refractivity contribution is -0.0342. The van der Waals surface area contributed by atoms with Crippen LogP contribution in [-0.4, -0.2) is 53.1 Å². The first-order chi connectivity index (χ1) is 12.2. The number of amides is 1. The Labute approximate surface area is 146 Å². The van der Waals surface area contributed by atoms with Gasteiger partial charge in [-0.25, -0.2) is 0 Å². The van der Waals surface area contributed by atoms with Gasteiger partial charge in [-0.1, -0.05) is 0 Å². The molecule has 0 aliphatic carbocycles. The summed E-state index contributed by atoms with van der Waals surface area (Å²) in [6, 6.07) is 7.18. The highest BCUT2D eigenvalue weighted by Gasteiger charge is 2.20. The number of rotatable bonds is 6. The molecule has 0 bridgehead atoms. The van der Waals surface area contributed by atoms with Gasteiger partial charge in [0.1, 0.15) is 5.56 Å². The Morgan fingerprint density at radius 2 is 2.20 bits per heavy atom. The fraction of sp³-hybridized carbons (Fsp3) is 0.389. The molecule has 0 spiro atoms. The van der Waals surface area contributed by atoms with E-state index in [9.17, 15) is 9.59 Å². The Balaban J connectivity index is 1.44. The van der Waals surface area contributed by atoms with Gasteiger partial charge in [0.2, 0.25) is 0 Å². The van der Waals surface area contributed by atoms with Gasteiger partial charge >= 0.3 is 0 Å². The van der Waals surface area contributed by atoms with E-state index in [-0.39, 0.29) is 23.1 Å². The third kappa shape index (κ3) is 4.98. The number of morpholine rings is 1. The summed E-state index contributed by atoms with van der Waals surface area (Å²) in [5.41, 5.74) is 0.982. The number of nitrogens with one attached hydrogen (secondary N) is 2. The van der Waals surface area contributed by atoms with E-state index in [0.717, 1.165) is 19.6 Å². The molecule has 0 saturated carbocycles. The van der Waals surface area contributed by atoms with Gasteiger partial charge in [-0.3, -0.25) is 19.5 Å². The van der Waals surface area contributed by atoms with Gasteiger partial charge in [0.25, 0.3) is 11.5 Å². The number of pyridine rings is 2. The summed E-state index contributed by atoms with van der Waals surface area (Å²) < 4.78 is 5.78. The molecule has 1 amide bonds. The van der Waals surface area contributed by atoms with Gasteiger partial charge in [-0.15, -0.1) is 0 Å². The molecule has 0 unspecified atom stereocenters. The fourth-order valence-corrected chi connectivity index (χ4v) is 2.89. The molecule has 1 aliphatic rings. The zero-order valence-electron chi connectivity index (χ0n) is 14.0. The summed E-state index contributed by atoms with van der Waals surface area (Å²) in [5.74, 6) is -0.355. The van der Waals surface area contributed by atoms with Crippen LogP contribution >= 0.6 is 0 Å². The van der Waals surface area contributed by atoms with Crippen LogP contribution in [0.5, 0.6) is 0 Å². The average Bonchev–Trinajstić information content (AvgIpc) is 2.63. The van der Waals surface area contributed by atoms with E-state index in [1.807, 2.05) is 12.1 Å². The molecule has 0 aromatic carbocycles. The number of hydrogen-bond acceptors (Lipinski definition) is 5. The maximum atomic E-state index is 12.0. The predicted molar refractivity (Wildman–Crippen MR) is 93.3 cm³/mol. The number of aromatic amines is 1. The number of carbonyl (C=O) groups excluding carboxylic acids is 1. The van der Waals surface area contributed by atoms with E-state index in [4.69, 9.17) is 4.74 Å². The zero-order chi connectivity index (χ0) is 17.5. The Bertz CT molecular complexity index is 747. The maximum absolute atomic E-state index is 12.0. The number of hydrogen-bond donors (Lipinski definition) is 2. The van der Waals surface area contributed by atoms with E-state index in [0.29, 0.717) is 19.6 Å². The molecule has 2 N–H and O–H groups in total. The van der Waals surface area contributed by atoms with E-state index in [1.165, 1.54) is 17.8 Å². The van der Waals surface area contributed by atoms with E-state index < -0.39 is 0 Å². The average molecular weight is 342 g/mol. The number of aromatic nitrogens is 2. The van der Waals surface area contributed by atoms with Crippen molar-refractivity contribution in [2.24, 2.45) is 0 Å². The molecule has 1 saturated heterocycles. The van der Waals surface area contributed by atoms with Crippen LogP contribution in [0.1, 0.15) is 22.3 Å². The number of carbonyl (C=O) groups is 1. The van der Waals surface area contributed by atoms with Gasteiger partial charge in [-0.2, -0.15) is 0 Å². The van der Waals surface area contributed by atoms with Crippen molar-refractivity contribution >= 4 is 5.91 Å². The number of nitrogens with zero attached hydrogens (tertiary/aromatic N) is 2. The number of ether oxygens (including phenoxy) is 1. The molecular formula is C18H22N4O3. The van der Waals surface area contributed by atoms with Crippen molar-refractivity contribution in [2.75, 3.05) is 26.2 Å². The van der Waals surface area contributed by atoms with Crippen LogP contribution in [0.3, 0.4) is 0 Å². The van der Waals surface area contributed by atoms with Crippen LogP contribution in [0, 0.1) is 0 Å². The van der Waals surface area contributed by atoms with Crippen molar-refractivity contribution in [1.82, 2.24) is 20.2 Å². The highest BCUT2D eigenvalue weighted by atomic mass is 16.5. The topological polar surface area (TPSA) is 87.3 Å². The van der Waals surface area contributed by atoms with Gasteiger partial charge in [0.15, 0.2) is 0 Å². The molecule has 7 nitrogen and oxygen atoms in total. The van der Waals surface area contributed by atoms with Crippen LogP contribution in [0.15, 0.2) is 47.7 Å². The van der Waals surface area contributed by atoms with Crippen molar-refractivity contribution in [1.29, 1.82) is 0 Å². The highest BCUT2D eigenvalue weighted by molar-refractivity contribution is 5.93. The highest BCUT2D eigenvalue weighted by Crippen LogP contribution is 2.12. The smallest absolute Gasteiger partial charge is 0.260 e. The first-order valence-corrected chi connectivity index (χ1v) is 8.41. The van der Waals surface area contributed by atoms with Gasteiger partial charge < -0.3 is 15.0 Å². The first kappa shape index (κ1) is 17.3. The van der Waals surface area contributed by atoms with Crippen LogP contribution < -0.4 is 10.9 Å². The summed E-state index contributed by atoms with van der Waals surface area (Å²) in [5, 5.41) is 2.79. The Kier molecular flexibility index (Phi) is 5.92. The van der Waals surface area contributed by atoms with Crippen LogP contribution in [0.4, 0.5) is 0 Å². The number of H-pyrrole nitrogens is 1. The normalized spacial score (nSPS) is 18.0. The summed E-state index contributed by atoms with van der Waals surface area (Å²) in [7, 11) is 0. The molecule has 2 aromatic rings. The molecule has 0 radical (unpaired) electrons. The molecule has 2 aromatic heterocycles. The van der Waals surface area contributed by atoms with Crippen molar-refractivity contribution < 1.29 is 9.53 Å². The molecule has 7 heteroatoms. The van der Waals surface area contributed by atoms with E-state index >= 15 is 0 Å². The van der Waals surface area contributed by atoms with Crippen LogP contribution in [0.2, 0.25) is 0 Å². The van der Waals surface area contributed by atoms with Crippen molar-refractivity contribution in [3.63, 3.8) is 0 Å². The Morgan fingerprint density at radius 3 is 3.00 bits per heavy atom. The molecule has 1 fully saturated rings. The van der Waals surface area contributed by atoms with Crippen molar-refractivity contribution in [3.05, 3.63) is 64.3 Å². The maximum Gasteiger partial charge on any atom is 0.260 e. The molecule has 3 rings (SSSR count). The predicted octanol–water partition coefficient (Wildman–Crippen LogP) is 0.791. The van der Waals surface area contributed by atoms with E-state index in [2.05, 4.69) is 20.2 Å². The zero-order valence-corrected chi connectivity index (χ0v) is 14.0. The van der Waals surface area contributed by atoms with Gasteiger partial charge in [0, 0.05) is 44.8 Å². The van der Waals surface area contributed by atoms with Crippen LogP contribution in [0.25, 0.3) is 0 Å². The largest absolute Gasteiger partial charge is 0.375 e. The fourth-order valence-electron chi connectivity index (χ4n) is 2.89. The third-order valence-electron chi connectivity index (χ3n) is 4.19.